The topological polar surface area (TPSA) is 82.4 Å². The third-order valence-electron chi connectivity index (χ3n) is 6.83. The van der Waals surface area contributed by atoms with E-state index < -0.39 is 52.5 Å². The number of hydrogen-bond acceptors (Lipinski definition) is 5. The molecular formula is C23H22ClF6N3O3S. The predicted molar refractivity (Wildman–Crippen MR) is 121 cm³/mol. The van der Waals surface area contributed by atoms with Gasteiger partial charge < -0.3 is 15.0 Å². The first-order valence-corrected chi connectivity index (χ1v) is 12.7. The Balaban J connectivity index is 1.51. The van der Waals surface area contributed by atoms with E-state index in [1.807, 2.05) is 6.07 Å². The monoisotopic (exact) mass is 569 g/mol. The van der Waals surface area contributed by atoms with E-state index in [2.05, 4.69) is 5.32 Å². The molecule has 2 aliphatic carbocycles. The van der Waals surface area contributed by atoms with Crippen molar-refractivity contribution in [3.63, 3.8) is 0 Å². The van der Waals surface area contributed by atoms with Crippen LogP contribution in [0.1, 0.15) is 39.0 Å². The van der Waals surface area contributed by atoms with Crippen LogP contribution in [0.15, 0.2) is 23.1 Å². The van der Waals surface area contributed by atoms with Crippen molar-refractivity contribution in [2.24, 2.45) is 5.41 Å². The molecule has 37 heavy (non-hydrogen) atoms. The van der Waals surface area contributed by atoms with Crippen molar-refractivity contribution >= 4 is 35.2 Å². The van der Waals surface area contributed by atoms with Crippen molar-refractivity contribution in [2.75, 3.05) is 6.54 Å². The largest absolute Gasteiger partial charge is 0.481 e. The molecule has 0 radical (unpaired) electrons. The van der Waals surface area contributed by atoms with Crippen molar-refractivity contribution in [3.05, 3.63) is 23.2 Å². The lowest BCUT2D eigenvalue weighted by Gasteiger charge is -2.29. The van der Waals surface area contributed by atoms with Gasteiger partial charge in [0.15, 0.2) is 6.10 Å². The maximum Gasteiger partial charge on any atom is 0.425 e. The number of thioether (sulfide) groups is 1. The Morgan fingerprint density at radius 1 is 1.22 bits per heavy atom. The van der Waals surface area contributed by atoms with E-state index in [-0.39, 0.29) is 36.6 Å². The average molecular weight is 570 g/mol. The summed E-state index contributed by atoms with van der Waals surface area (Å²) >= 11 is 7.33. The highest BCUT2D eigenvalue weighted by Crippen LogP contribution is 2.59. The Labute approximate surface area is 217 Å². The molecular weight excluding hydrogens is 548 g/mol. The van der Waals surface area contributed by atoms with Gasteiger partial charge in [0.05, 0.1) is 11.1 Å². The van der Waals surface area contributed by atoms with Gasteiger partial charge in [-0.05, 0) is 57.2 Å². The second kappa shape index (κ2) is 9.45. The summed E-state index contributed by atoms with van der Waals surface area (Å²) in [6.45, 7) is 0.677. The van der Waals surface area contributed by atoms with Crippen LogP contribution >= 0.6 is 23.4 Å². The van der Waals surface area contributed by atoms with Gasteiger partial charge in [-0.15, -0.1) is 11.8 Å². The Morgan fingerprint density at radius 2 is 1.86 bits per heavy atom. The lowest BCUT2D eigenvalue weighted by atomic mass is 10.0. The van der Waals surface area contributed by atoms with Crippen molar-refractivity contribution in [2.45, 2.75) is 79.2 Å². The Kier molecular flexibility index (Phi) is 7.07. The molecule has 14 heteroatoms. The number of amides is 2. The van der Waals surface area contributed by atoms with Gasteiger partial charge in [-0.2, -0.15) is 31.6 Å². The summed E-state index contributed by atoms with van der Waals surface area (Å²) in [7, 11) is 0. The smallest absolute Gasteiger partial charge is 0.425 e. The molecule has 0 bridgehead atoms. The number of carbonyl (C=O) groups is 2. The quantitative estimate of drug-likeness (QED) is 0.454. The second-order valence-corrected chi connectivity index (χ2v) is 11.4. The molecule has 4 rings (SSSR count). The highest BCUT2D eigenvalue weighted by molar-refractivity contribution is 8.00. The molecule has 1 saturated heterocycles. The molecule has 1 aliphatic heterocycles. The van der Waals surface area contributed by atoms with E-state index in [4.69, 9.17) is 16.3 Å². The average Bonchev–Trinajstić information content (AvgIpc) is 3.71. The molecule has 1 aromatic carbocycles. The minimum atomic E-state index is -4.76. The number of ether oxygens (including phenoxy) is 1. The van der Waals surface area contributed by atoms with Gasteiger partial charge in [0.1, 0.15) is 22.7 Å². The third kappa shape index (κ3) is 5.60. The van der Waals surface area contributed by atoms with Crippen LogP contribution in [0.25, 0.3) is 0 Å². The normalized spacial score (nSPS) is 24.7. The van der Waals surface area contributed by atoms with Crippen LogP contribution in [-0.2, 0) is 9.59 Å². The summed E-state index contributed by atoms with van der Waals surface area (Å²) in [5, 5.41) is 11.4. The number of nitrogens with one attached hydrogen (secondary N) is 1. The fourth-order valence-corrected chi connectivity index (χ4v) is 5.68. The number of halogens is 7. The molecule has 2 saturated carbocycles. The number of nitriles is 1. The molecule has 3 aliphatic rings. The third-order valence-corrected chi connectivity index (χ3v) is 8.54. The number of rotatable bonds is 7. The van der Waals surface area contributed by atoms with E-state index in [1.165, 1.54) is 18.2 Å². The SMILES string of the molecule is CC(Oc1ccc(SC2CC(C(=O)NC3(C#N)CC3)N(C(=O)C3(C(F)(F)F)CC3)C2)c(Cl)c1)C(F)(F)F. The van der Waals surface area contributed by atoms with Crippen LogP contribution < -0.4 is 10.1 Å². The number of alkyl halides is 6. The zero-order chi connectivity index (χ0) is 27.4. The van der Waals surface area contributed by atoms with Crippen LogP contribution in [0, 0.1) is 16.7 Å². The van der Waals surface area contributed by atoms with E-state index in [0.29, 0.717) is 17.7 Å². The minimum absolute atomic E-state index is 0.0113. The molecule has 202 valence electrons. The van der Waals surface area contributed by atoms with Gasteiger partial charge in [0.2, 0.25) is 11.8 Å². The molecule has 0 spiro atoms. The standard InChI is InChI=1S/C23H22ClF6N3O3S/c1-12(22(25,26)27)36-13-2-3-17(15(24)8-13)37-14-9-16(18(34)32-20(11-31)4-5-20)33(10-14)19(35)21(6-7-21)23(28,29)30/h2-3,8,12,14,16H,4-7,9-10H2,1H3,(H,32,34). The summed E-state index contributed by atoms with van der Waals surface area (Å²) in [5.41, 5.74) is -3.57. The van der Waals surface area contributed by atoms with Gasteiger partial charge in [-0.3, -0.25) is 9.59 Å². The Bertz CT molecular complexity index is 1130. The van der Waals surface area contributed by atoms with Crippen molar-refractivity contribution in [1.82, 2.24) is 10.2 Å². The van der Waals surface area contributed by atoms with E-state index in [0.717, 1.165) is 23.6 Å². The fraction of sp³-hybridized carbons (Fsp3) is 0.609. The van der Waals surface area contributed by atoms with Gasteiger partial charge >= 0.3 is 12.4 Å². The van der Waals surface area contributed by atoms with E-state index in [9.17, 15) is 41.2 Å². The lowest BCUT2D eigenvalue weighted by molar-refractivity contribution is -0.199. The summed E-state index contributed by atoms with van der Waals surface area (Å²) in [5.74, 6) is -1.97. The van der Waals surface area contributed by atoms with Gasteiger partial charge in [-0.25, -0.2) is 0 Å². The predicted octanol–water partition coefficient (Wildman–Crippen LogP) is 5.25. The summed E-state index contributed by atoms with van der Waals surface area (Å²) in [4.78, 5) is 27.4. The molecule has 2 amide bonds. The zero-order valence-electron chi connectivity index (χ0n) is 19.4. The van der Waals surface area contributed by atoms with Crippen LogP contribution in [0.3, 0.4) is 0 Å². The van der Waals surface area contributed by atoms with Gasteiger partial charge in [0.25, 0.3) is 0 Å². The summed E-state index contributed by atoms with van der Waals surface area (Å²) < 4.78 is 84.2. The fourth-order valence-electron chi connectivity index (χ4n) is 4.18. The lowest BCUT2D eigenvalue weighted by Crippen LogP contribution is -2.53. The Morgan fingerprint density at radius 3 is 2.35 bits per heavy atom. The molecule has 3 unspecified atom stereocenters. The van der Waals surface area contributed by atoms with Crippen LogP contribution in [0.5, 0.6) is 5.75 Å². The first kappa shape index (κ1) is 27.7. The van der Waals surface area contributed by atoms with Crippen molar-refractivity contribution in [1.29, 1.82) is 5.26 Å². The van der Waals surface area contributed by atoms with Crippen LogP contribution in [0.4, 0.5) is 26.3 Å². The number of benzene rings is 1. The minimum Gasteiger partial charge on any atom is -0.481 e. The number of likely N-dealkylation sites (tertiary alicyclic amines) is 1. The van der Waals surface area contributed by atoms with E-state index >= 15 is 0 Å². The van der Waals surface area contributed by atoms with Crippen molar-refractivity contribution < 1.29 is 40.7 Å². The molecule has 3 atom stereocenters. The van der Waals surface area contributed by atoms with Gasteiger partial charge in [-0.1, -0.05) is 11.6 Å². The second-order valence-electron chi connectivity index (χ2n) is 9.61. The zero-order valence-corrected chi connectivity index (χ0v) is 21.0. The van der Waals surface area contributed by atoms with Gasteiger partial charge in [0, 0.05) is 16.7 Å². The molecule has 0 aromatic heterocycles. The highest BCUT2D eigenvalue weighted by Gasteiger charge is 2.70. The molecule has 6 nitrogen and oxygen atoms in total. The molecule has 1 heterocycles. The van der Waals surface area contributed by atoms with Crippen LogP contribution in [-0.4, -0.2) is 58.5 Å². The van der Waals surface area contributed by atoms with Crippen molar-refractivity contribution in [3.8, 4) is 11.8 Å². The Hall–Kier alpha value is -2.33. The number of carbonyl (C=O) groups excluding carboxylic acids is 2. The first-order chi connectivity index (χ1) is 17.1. The molecule has 1 aromatic rings. The molecule has 3 fully saturated rings. The molecule has 1 N–H and O–H groups in total. The highest BCUT2D eigenvalue weighted by atomic mass is 35.5. The first-order valence-electron chi connectivity index (χ1n) is 11.4. The maximum atomic E-state index is 13.7. The summed E-state index contributed by atoms with van der Waals surface area (Å²) in [6.07, 6.45) is -11.3. The van der Waals surface area contributed by atoms with Crippen LogP contribution in [0.2, 0.25) is 5.02 Å². The van der Waals surface area contributed by atoms with E-state index in [1.54, 1.807) is 0 Å². The maximum absolute atomic E-state index is 13.7. The number of nitrogens with zero attached hydrogens (tertiary/aromatic N) is 2. The number of hydrogen-bond donors (Lipinski definition) is 1. The summed E-state index contributed by atoms with van der Waals surface area (Å²) in [6, 6.07) is 4.67.